The fourth-order valence-corrected chi connectivity index (χ4v) is 5.17. The zero-order valence-corrected chi connectivity index (χ0v) is 18.8. The summed E-state index contributed by atoms with van der Waals surface area (Å²) in [6.45, 7) is 7.31. The lowest BCUT2D eigenvalue weighted by atomic mass is 9.89. The lowest BCUT2D eigenvalue weighted by molar-refractivity contribution is -0.130. The molecule has 2 aliphatic rings. The molecule has 0 unspecified atom stereocenters. The summed E-state index contributed by atoms with van der Waals surface area (Å²) < 4.78 is 1.19. The molecule has 0 saturated carbocycles. The van der Waals surface area contributed by atoms with Crippen LogP contribution in [-0.4, -0.2) is 48.4 Å². The molecule has 2 fully saturated rings. The number of carbonyl (C=O) groups excluding carboxylic acids is 1. The van der Waals surface area contributed by atoms with E-state index >= 15 is 0 Å². The molecule has 0 bridgehead atoms. The largest absolute Gasteiger partial charge is 0.343 e. The standard InChI is InChI=1S/C22H32BrClN2O/c1-17(27)26-13-8-18(9-14-26)3-2-10-25-11-6-19(7-12-25)15-20-16-21(24)4-5-22(20)23/h4-5,16,18-19H,2-3,6-15H2,1H3. The molecular weight excluding hydrogens is 424 g/mol. The van der Waals surface area contributed by atoms with Crippen LogP contribution in [0.3, 0.4) is 0 Å². The number of rotatable bonds is 6. The third-order valence-corrected chi connectivity index (χ3v) is 7.38. The van der Waals surface area contributed by atoms with E-state index in [2.05, 4.69) is 33.0 Å². The number of carbonyl (C=O) groups is 1. The predicted molar refractivity (Wildman–Crippen MR) is 116 cm³/mol. The maximum atomic E-state index is 11.4. The summed E-state index contributed by atoms with van der Waals surface area (Å²) in [7, 11) is 0. The number of amides is 1. The van der Waals surface area contributed by atoms with Crippen molar-refractivity contribution in [2.75, 3.05) is 32.7 Å². The van der Waals surface area contributed by atoms with Gasteiger partial charge < -0.3 is 9.80 Å². The molecule has 5 heteroatoms. The molecule has 1 amide bonds. The van der Waals surface area contributed by atoms with Crippen molar-refractivity contribution >= 4 is 33.4 Å². The Morgan fingerprint density at radius 1 is 1.11 bits per heavy atom. The number of benzene rings is 1. The van der Waals surface area contributed by atoms with Gasteiger partial charge in [0.1, 0.15) is 0 Å². The highest BCUT2D eigenvalue weighted by Gasteiger charge is 2.22. The monoisotopic (exact) mass is 454 g/mol. The number of nitrogens with zero attached hydrogens (tertiary/aromatic N) is 2. The minimum Gasteiger partial charge on any atom is -0.343 e. The minimum atomic E-state index is 0.237. The Bertz CT molecular complexity index is 623. The van der Waals surface area contributed by atoms with Crippen LogP contribution in [0.2, 0.25) is 5.02 Å². The van der Waals surface area contributed by atoms with E-state index in [1.54, 1.807) is 6.92 Å². The van der Waals surface area contributed by atoms with Crippen LogP contribution >= 0.6 is 27.5 Å². The van der Waals surface area contributed by atoms with Crippen LogP contribution in [0.15, 0.2) is 22.7 Å². The van der Waals surface area contributed by atoms with Gasteiger partial charge in [0.05, 0.1) is 0 Å². The second kappa shape index (κ2) is 10.3. The van der Waals surface area contributed by atoms with Crippen LogP contribution < -0.4 is 0 Å². The number of piperidine rings is 2. The number of likely N-dealkylation sites (tertiary alicyclic amines) is 2. The topological polar surface area (TPSA) is 23.6 Å². The van der Waals surface area contributed by atoms with Gasteiger partial charge in [-0.15, -0.1) is 0 Å². The highest BCUT2D eigenvalue weighted by atomic mass is 79.9. The van der Waals surface area contributed by atoms with E-state index in [4.69, 9.17) is 11.6 Å². The maximum Gasteiger partial charge on any atom is 0.219 e. The lowest BCUT2D eigenvalue weighted by Crippen LogP contribution is -2.37. The number of halogens is 2. The molecule has 2 heterocycles. The van der Waals surface area contributed by atoms with Crippen molar-refractivity contribution < 1.29 is 4.79 Å². The molecule has 0 radical (unpaired) electrons. The molecule has 150 valence electrons. The van der Waals surface area contributed by atoms with Crippen LogP contribution in [0.5, 0.6) is 0 Å². The van der Waals surface area contributed by atoms with Gasteiger partial charge in [-0.25, -0.2) is 0 Å². The summed E-state index contributed by atoms with van der Waals surface area (Å²) in [4.78, 5) is 16.1. The number of hydrogen-bond acceptors (Lipinski definition) is 2. The van der Waals surface area contributed by atoms with Crippen molar-refractivity contribution in [2.45, 2.75) is 51.9 Å². The fourth-order valence-electron chi connectivity index (χ4n) is 4.57. The third-order valence-electron chi connectivity index (χ3n) is 6.37. The molecule has 2 aliphatic heterocycles. The highest BCUT2D eigenvalue weighted by Crippen LogP contribution is 2.28. The van der Waals surface area contributed by atoms with Crippen LogP contribution in [0.4, 0.5) is 0 Å². The van der Waals surface area contributed by atoms with Crippen LogP contribution in [0.1, 0.15) is 51.0 Å². The van der Waals surface area contributed by atoms with Crippen molar-refractivity contribution in [3.05, 3.63) is 33.3 Å². The van der Waals surface area contributed by atoms with Gasteiger partial charge in [0.15, 0.2) is 0 Å². The third kappa shape index (κ3) is 6.47. The summed E-state index contributed by atoms with van der Waals surface area (Å²) in [5, 5.41) is 0.833. The normalized spacial score (nSPS) is 20.2. The van der Waals surface area contributed by atoms with E-state index < -0.39 is 0 Å². The van der Waals surface area contributed by atoms with E-state index in [1.165, 1.54) is 68.2 Å². The zero-order valence-electron chi connectivity index (χ0n) is 16.4. The van der Waals surface area contributed by atoms with Gasteiger partial charge in [0.25, 0.3) is 0 Å². The van der Waals surface area contributed by atoms with Gasteiger partial charge in [-0.1, -0.05) is 27.5 Å². The molecule has 0 N–H and O–H groups in total. The average molecular weight is 456 g/mol. The molecule has 3 rings (SSSR count). The first-order chi connectivity index (χ1) is 13.0. The van der Waals surface area contributed by atoms with Gasteiger partial charge in [0.2, 0.25) is 5.91 Å². The van der Waals surface area contributed by atoms with E-state index in [9.17, 15) is 4.79 Å². The highest BCUT2D eigenvalue weighted by molar-refractivity contribution is 9.10. The van der Waals surface area contributed by atoms with Crippen molar-refractivity contribution in [3.63, 3.8) is 0 Å². The Hall–Kier alpha value is -0.580. The first kappa shape index (κ1) is 21.1. The van der Waals surface area contributed by atoms with E-state index in [0.717, 1.165) is 36.4 Å². The van der Waals surface area contributed by atoms with Gasteiger partial charge in [-0.2, -0.15) is 0 Å². The molecule has 27 heavy (non-hydrogen) atoms. The molecular formula is C22H32BrClN2O. The first-order valence-electron chi connectivity index (χ1n) is 10.4. The summed E-state index contributed by atoms with van der Waals surface area (Å²) in [6, 6.07) is 6.12. The van der Waals surface area contributed by atoms with Crippen LogP contribution in [-0.2, 0) is 11.2 Å². The summed E-state index contributed by atoms with van der Waals surface area (Å²) in [6.07, 6.45) is 8.71. The Morgan fingerprint density at radius 2 is 1.78 bits per heavy atom. The van der Waals surface area contributed by atoms with E-state index in [-0.39, 0.29) is 5.91 Å². The van der Waals surface area contributed by atoms with Crippen LogP contribution in [0.25, 0.3) is 0 Å². The van der Waals surface area contributed by atoms with Crippen molar-refractivity contribution in [1.29, 1.82) is 0 Å². The predicted octanol–water partition coefficient (Wildman–Crippen LogP) is 5.40. The SMILES string of the molecule is CC(=O)N1CCC(CCCN2CCC(Cc3cc(Cl)ccc3Br)CC2)CC1. The quantitative estimate of drug-likeness (QED) is 0.573. The second-order valence-corrected chi connectivity index (χ2v) is 9.61. The van der Waals surface area contributed by atoms with Gasteiger partial charge in [-0.3, -0.25) is 4.79 Å². The van der Waals surface area contributed by atoms with Gasteiger partial charge in [0, 0.05) is 29.5 Å². The first-order valence-corrected chi connectivity index (χ1v) is 11.6. The molecule has 2 saturated heterocycles. The van der Waals surface area contributed by atoms with E-state index in [1.807, 2.05) is 11.0 Å². The van der Waals surface area contributed by atoms with Crippen molar-refractivity contribution in [1.82, 2.24) is 9.80 Å². The average Bonchev–Trinajstić information content (AvgIpc) is 2.66. The molecule has 1 aromatic carbocycles. The zero-order chi connectivity index (χ0) is 19.2. The Labute approximate surface area is 177 Å². The summed E-state index contributed by atoms with van der Waals surface area (Å²) in [5.41, 5.74) is 1.35. The Balaban J connectivity index is 1.32. The number of hydrogen-bond donors (Lipinski definition) is 0. The molecule has 0 aliphatic carbocycles. The van der Waals surface area contributed by atoms with Crippen molar-refractivity contribution in [2.24, 2.45) is 11.8 Å². The second-order valence-electron chi connectivity index (χ2n) is 8.32. The molecule has 0 atom stereocenters. The van der Waals surface area contributed by atoms with E-state index in [0.29, 0.717) is 0 Å². The lowest BCUT2D eigenvalue weighted by Gasteiger charge is -2.34. The molecule has 3 nitrogen and oxygen atoms in total. The van der Waals surface area contributed by atoms with Crippen molar-refractivity contribution in [3.8, 4) is 0 Å². The Morgan fingerprint density at radius 3 is 2.44 bits per heavy atom. The van der Waals surface area contributed by atoms with Crippen LogP contribution in [0, 0.1) is 11.8 Å². The summed E-state index contributed by atoms with van der Waals surface area (Å²) in [5.74, 6) is 1.83. The molecule has 0 aromatic heterocycles. The van der Waals surface area contributed by atoms with Gasteiger partial charge in [-0.05, 0) is 100 Å². The van der Waals surface area contributed by atoms with Gasteiger partial charge >= 0.3 is 0 Å². The molecule has 1 aromatic rings. The maximum absolute atomic E-state index is 11.4. The Kier molecular flexibility index (Phi) is 8.04. The smallest absolute Gasteiger partial charge is 0.219 e. The summed E-state index contributed by atoms with van der Waals surface area (Å²) >= 11 is 9.82. The molecule has 0 spiro atoms. The minimum absolute atomic E-state index is 0.237. The fraction of sp³-hybridized carbons (Fsp3) is 0.682.